The lowest BCUT2D eigenvalue weighted by Gasteiger charge is -2.04. The van der Waals surface area contributed by atoms with Gasteiger partial charge in [0.1, 0.15) is 6.61 Å². The average molecular weight is 510 g/mol. The van der Waals surface area contributed by atoms with Gasteiger partial charge in [0.25, 0.3) is 10.5 Å². The second-order valence-electron chi connectivity index (χ2n) is 9.00. The van der Waals surface area contributed by atoms with Gasteiger partial charge < -0.3 is 4.74 Å². The molecule has 0 heterocycles. The molecule has 0 amide bonds. The van der Waals surface area contributed by atoms with E-state index in [0.717, 1.165) is 6.42 Å². The smallest absolute Gasteiger partial charge is 0.252 e. The van der Waals surface area contributed by atoms with Crippen molar-refractivity contribution < 1.29 is 14.3 Å². The van der Waals surface area contributed by atoms with Crippen LogP contribution in [0.2, 0.25) is 0 Å². The number of unbranched alkanes of at least 4 members (excludes halogenated alkanes) is 15. The van der Waals surface area contributed by atoms with Crippen molar-refractivity contribution in [1.29, 1.82) is 0 Å². The molecule has 5 heteroatoms. The molecule has 0 atom stereocenters. The molecule has 0 spiro atoms. The standard InChI is InChI=1S/C29H42Cl2O3/c1-2-3-4-5-6-7-8-9-10-11-12-13-14-15-16-17-20-34-21-18-19-25-22-26(28(30)32)24-27(23-25)29(31)33/h22-24H,2-17,20-21H2,1H3. The maximum Gasteiger partial charge on any atom is 0.252 e. The van der Waals surface area contributed by atoms with Crippen LogP contribution in [-0.4, -0.2) is 23.7 Å². The molecule has 0 aromatic heterocycles. The molecule has 34 heavy (non-hydrogen) atoms. The predicted molar refractivity (Wildman–Crippen MR) is 144 cm³/mol. The van der Waals surface area contributed by atoms with Crippen molar-refractivity contribution in [3.8, 4) is 11.8 Å². The van der Waals surface area contributed by atoms with Crippen LogP contribution in [0.1, 0.15) is 136 Å². The summed E-state index contributed by atoms with van der Waals surface area (Å²) in [4.78, 5) is 22.7. The molecule has 0 unspecified atom stereocenters. The highest BCUT2D eigenvalue weighted by atomic mass is 35.5. The zero-order valence-corrected chi connectivity index (χ0v) is 22.5. The van der Waals surface area contributed by atoms with Crippen molar-refractivity contribution in [3.05, 3.63) is 34.9 Å². The van der Waals surface area contributed by atoms with Crippen molar-refractivity contribution in [3.63, 3.8) is 0 Å². The zero-order chi connectivity index (χ0) is 24.9. The number of hydrogen-bond acceptors (Lipinski definition) is 3. The van der Waals surface area contributed by atoms with Crippen LogP contribution >= 0.6 is 23.2 Å². The molecule has 1 aromatic rings. The largest absolute Gasteiger partial charge is 0.369 e. The molecule has 0 aliphatic rings. The first kappa shape index (κ1) is 30.7. The molecule has 0 saturated carbocycles. The lowest BCUT2D eigenvalue weighted by Crippen LogP contribution is -1.97. The van der Waals surface area contributed by atoms with Gasteiger partial charge >= 0.3 is 0 Å². The Morgan fingerprint density at radius 1 is 0.676 bits per heavy atom. The third-order valence-corrected chi connectivity index (χ3v) is 6.37. The normalized spacial score (nSPS) is 10.7. The summed E-state index contributed by atoms with van der Waals surface area (Å²) < 4.78 is 5.57. The van der Waals surface area contributed by atoms with E-state index in [1.807, 2.05) is 0 Å². The van der Waals surface area contributed by atoms with Crippen LogP contribution in [0.25, 0.3) is 0 Å². The highest BCUT2D eigenvalue weighted by Gasteiger charge is 2.09. The Labute approximate surface area is 217 Å². The van der Waals surface area contributed by atoms with E-state index >= 15 is 0 Å². The van der Waals surface area contributed by atoms with Crippen LogP contribution in [0, 0.1) is 11.8 Å². The monoisotopic (exact) mass is 508 g/mol. The van der Waals surface area contributed by atoms with Gasteiger partial charge in [-0.1, -0.05) is 115 Å². The highest BCUT2D eigenvalue weighted by Crippen LogP contribution is 2.15. The van der Waals surface area contributed by atoms with Gasteiger partial charge in [-0.3, -0.25) is 9.59 Å². The van der Waals surface area contributed by atoms with Crippen LogP contribution < -0.4 is 0 Å². The van der Waals surface area contributed by atoms with E-state index in [4.69, 9.17) is 27.9 Å². The van der Waals surface area contributed by atoms with Crippen molar-refractivity contribution in [2.75, 3.05) is 13.2 Å². The summed E-state index contributed by atoms with van der Waals surface area (Å²) in [6, 6.07) is 4.45. The van der Waals surface area contributed by atoms with Crippen LogP contribution in [0.4, 0.5) is 0 Å². The molecule has 0 fully saturated rings. The third kappa shape index (κ3) is 16.3. The SMILES string of the molecule is CCCCCCCCCCCCCCCCCCOCC#Cc1cc(C(=O)Cl)cc(C(=O)Cl)c1. The Balaban J connectivity index is 1.97. The molecule has 0 radical (unpaired) electrons. The van der Waals surface area contributed by atoms with Crippen LogP contribution in [0.3, 0.4) is 0 Å². The Morgan fingerprint density at radius 3 is 1.50 bits per heavy atom. The van der Waals surface area contributed by atoms with Gasteiger partial charge in [-0.05, 0) is 47.8 Å². The van der Waals surface area contributed by atoms with Gasteiger partial charge in [0.05, 0.1) is 0 Å². The second-order valence-corrected chi connectivity index (χ2v) is 9.69. The minimum atomic E-state index is -0.650. The van der Waals surface area contributed by atoms with Gasteiger partial charge in [-0.2, -0.15) is 0 Å². The van der Waals surface area contributed by atoms with Gasteiger partial charge in [-0.25, -0.2) is 0 Å². The first-order valence-corrected chi connectivity index (χ1v) is 13.9. The Kier molecular flexibility index (Phi) is 18.9. The quantitative estimate of drug-likeness (QED) is 0.100. The summed E-state index contributed by atoms with van der Waals surface area (Å²) in [5.74, 6) is 5.80. The van der Waals surface area contributed by atoms with Gasteiger partial charge in [0.2, 0.25) is 0 Å². The van der Waals surface area contributed by atoms with Crippen molar-refractivity contribution in [2.24, 2.45) is 0 Å². The van der Waals surface area contributed by atoms with E-state index in [1.54, 1.807) is 12.1 Å². The molecule has 3 nitrogen and oxygen atoms in total. The Hall–Kier alpha value is -1.34. The summed E-state index contributed by atoms with van der Waals surface area (Å²) in [6.45, 7) is 3.27. The van der Waals surface area contributed by atoms with Crippen molar-refractivity contribution in [1.82, 2.24) is 0 Å². The predicted octanol–water partition coefficient (Wildman–Crippen LogP) is 9.07. The number of rotatable bonds is 20. The molecule has 1 rings (SSSR count). The van der Waals surface area contributed by atoms with Gasteiger partial charge in [0.15, 0.2) is 0 Å². The minimum Gasteiger partial charge on any atom is -0.369 e. The van der Waals surface area contributed by atoms with Gasteiger partial charge in [0, 0.05) is 23.3 Å². The third-order valence-electron chi connectivity index (χ3n) is 5.94. The summed E-state index contributed by atoms with van der Waals surface area (Å²) >= 11 is 11.0. The zero-order valence-electron chi connectivity index (χ0n) is 20.9. The number of carbonyl (C=O) groups excluding carboxylic acids is 2. The van der Waals surface area contributed by atoms with Crippen LogP contribution in [0.15, 0.2) is 18.2 Å². The highest BCUT2D eigenvalue weighted by molar-refractivity contribution is 6.69. The molecule has 0 aliphatic heterocycles. The molecular formula is C29H42Cl2O3. The Bertz CT molecular complexity index is 732. The van der Waals surface area contributed by atoms with E-state index in [9.17, 15) is 9.59 Å². The van der Waals surface area contributed by atoms with Crippen molar-refractivity contribution in [2.45, 2.75) is 110 Å². The lowest BCUT2D eigenvalue weighted by molar-refractivity contribution is 0.108. The molecule has 0 aliphatic carbocycles. The molecule has 0 saturated heterocycles. The molecule has 0 bridgehead atoms. The lowest BCUT2D eigenvalue weighted by atomic mass is 10.0. The Morgan fingerprint density at radius 2 is 1.09 bits per heavy atom. The fourth-order valence-corrected chi connectivity index (χ4v) is 4.16. The molecule has 1 aromatic carbocycles. The van der Waals surface area contributed by atoms with Gasteiger partial charge in [-0.15, -0.1) is 0 Å². The van der Waals surface area contributed by atoms with Crippen molar-refractivity contribution >= 4 is 33.7 Å². The fraction of sp³-hybridized carbons (Fsp3) is 0.655. The van der Waals surface area contributed by atoms with E-state index in [-0.39, 0.29) is 11.1 Å². The summed E-state index contributed by atoms with van der Waals surface area (Å²) in [5, 5.41) is -1.30. The summed E-state index contributed by atoms with van der Waals surface area (Å²) in [5.41, 5.74) is 0.916. The average Bonchev–Trinajstić information content (AvgIpc) is 2.82. The fourth-order valence-electron chi connectivity index (χ4n) is 3.94. The van der Waals surface area contributed by atoms with E-state index in [2.05, 4.69) is 18.8 Å². The number of ether oxygens (including phenoxy) is 1. The van der Waals surface area contributed by atoms with E-state index in [1.165, 1.54) is 102 Å². The first-order chi connectivity index (χ1) is 16.5. The maximum absolute atomic E-state index is 11.4. The van der Waals surface area contributed by atoms with Crippen LogP contribution in [-0.2, 0) is 4.74 Å². The summed E-state index contributed by atoms with van der Waals surface area (Å²) in [7, 11) is 0. The first-order valence-electron chi connectivity index (χ1n) is 13.2. The molecular weight excluding hydrogens is 467 g/mol. The van der Waals surface area contributed by atoms with Crippen LogP contribution in [0.5, 0.6) is 0 Å². The number of benzene rings is 1. The molecule has 190 valence electrons. The summed E-state index contributed by atoms with van der Waals surface area (Å²) in [6.07, 6.45) is 21.6. The number of carbonyl (C=O) groups is 2. The van der Waals surface area contributed by atoms with E-state index < -0.39 is 10.5 Å². The maximum atomic E-state index is 11.4. The minimum absolute atomic E-state index is 0.201. The number of halogens is 2. The topological polar surface area (TPSA) is 43.4 Å². The molecule has 0 N–H and O–H groups in total. The van der Waals surface area contributed by atoms with E-state index in [0.29, 0.717) is 18.8 Å². The number of hydrogen-bond donors (Lipinski definition) is 0. The second kappa shape index (κ2) is 21.0.